The Kier molecular flexibility index (Phi) is 5.10. The molecule has 9 heteroatoms. The van der Waals surface area contributed by atoms with Crippen LogP contribution in [0, 0.1) is 0 Å². The van der Waals surface area contributed by atoms with E-state index in [4.69, 9.17) is 0 Å². The Morgan fingerprint density at radius 1 is 1.18 bits per heavy atom. The van der Waals surface area contributed by atoms with Gasteiger partial charge in [-0.15, -0.1) is 0 Å². The fourth-order valence-electron chi connectivity index (χ4n) is 3.21. The topological polar surface area (TPSA) is 75.9 Å². The maximum absolute atomic E-state index is 12.6. The highest BCUT2D eigenvalue weighted by molar-refractivity contribution is 5.52. The average molecular weight is 389 g/mol. The van der Waals surface area contributed by atoms with Gasteiger partial charge in [0.05, 0.1) is 5.69 Å². The van der Waals surface area contributed by atoms with Crippen LogP contribution in [-0.4, -0.2) is 28.2 Å². The Morgan fingerprint density at radius 2 is 2.04 bits per heavy atom. The van der Waals surface area contributed by atoms with Crippen molar-refractivity contribution in [2.75, 3.05) is 13.1 Å². The molecule has 146 valence electrons. The van der Waals surface area contributed by atoms with Crippen molar-refractivity contribution < 1.29 is 17.7 Å². The van der Waals surface area contributed by atoms with Crippen LogP contribution in [-0.2, 0) is 19.1 Å². The summed E-state index contributed by atoms with van der Waals surface area (Å²) in [6, 6.07) is 11.9. The van der Waals surface area contributed by atoms with Gasteiger partial charge in [-0.2, -0.15) is 18.2 Å². The second-order valence-electron chi connectivity index (χ2n) is 6.55. The van der Waals surface area contributed by atoms with Gasteiger partial charge in [-0.3, -0.25) is 4.98 Å². The minimum absolute atomic E-state index is 0.138. The molecule has 6 nitrogen and oxygen atoms in total. The van der Waals surface area contributed by atoms with Gasteiger partial charge in [-0.1, -0.05) is 29.4 Å². The molecule has 1 aromatic carbocycles. The van der Waals surface area contributed by atoms with Crippen molar-refractivity contribution in [2.24, 2.45) is 0 Å². The molecule has 0 amide bonds. The zero-order chi connectivity index (χ0) is 19.6. The van der Waals surface area contributed by atoms with E-state index in [1.807, 2.05) is 12.1 Å². The molecule has 3 heterocycles. The molecule has 1 unspecified atom stereocenters. The van der Waals surface area contributed by atoms with Gasteiger partial charge in [-0.05, 0) is 36.2 Å². The predicted molar refractivity (Wildman–Crippen MR) is 95.1 cm³/mol. The van der Waals surface area contributed by atoms with E-state index >= 15 is 0 Å². The van der Waals surface area contributed by atoms with Crippen LogP contribution in [0.3, 0.4) is 0 Å². The molecule has 0 saturated carbocycles. The van der Waals surface area contributed by atoms with E-state index in [-0.39, 0.29) is 11.9 Å². The van der Waals surface area contributed by atoms with Crippen LogP contribution >= 0.6 is 0 Å². The van der Waals surface area contributed by atoms with Crippen molar-refractivity contribution in [1.82, 2.24) is 25.8 Å². The molecule has 1 atom stereocenters. The zero-order valence-electron chi connectivity index (χ0n) is 14.8. The van der Waals surface area contributed by atoms with Crippen LogP contribution in [0.2, 0.25) is 0 Å². The summed E-state index contributed by atoms with van der Waals surface area (Å²) in [5, 5.41) is 10.3. The number of nitrogens with one attached hydrogen (secondary N) is 2. The van der Waals surface area contributed by atoms with Gasteiger partial charge >= 0.3 is 12.1 Å². The monoisotopic (exact) mass is 389 g/mol. The molecule has 0 aliphatic carbocycles. The summed E-state index contributed by atoms with van der Waals surface area (Å²) in [5.74, 6) is -1.51. The molecule has 3 aromatic rings. The van der Waals surface area contributed by atoms with Gasteiger partial charge in [0.15, 0.2) is 0 Å². The summed E-state index contributed by atoms with van der Waals surface area (Å²) in [5.41, 5.74) is 3.73. The van der Waals surface area contributed by atoms with Gasteiger partial charge in [-0.25, -0.2) is 0 Å². The lowest BCUT2D eigenvalue weighted by atomic mass is 9.99. The first-order chi connectivity index (χ1) is 13.5. The SMILES string of the molecule is FC(F)(F)c1nc(-c2ccc(CNC3CNCCc4ccccc43)nc2)no1. The highest BCUT2D eigenvalue weighted by Gasteiger charge is 2.38. The third-order valence-corrected chi connectivity index (χ3v) is 4.63. The molecule has 4 rings (SSSR count). The molecule has 0 radical (unpaired) electrons. The van der Waals surface area contributed by atoms with Gasteiger partial charge < -0.3 is 15.2 Å². The standard InChI is InChI=1S/C19H18F3N5O/c20-19(21,22)18-26-17(27-28-18)13-5-6-14(24-9-13)10-25-16-11-23-8-7-12-3-1-2-4-15(12)16/h1-6,9,16,23,25H,7-8,10-11H2. The number of alkyl halides is 3. The molecule has 1 aliphatic rings. The Balaban J connectivity index is 1.43. The number of rotatable bonds is 4. The largest absolute Gasteiger partial charge is 0.471 e. The third-order valence-electron chi connectivity index (χ3n) is 4.63. The first kappa shape index (κ1) is 18.6. The summed E-state index contributed by atoms with van der Waals surface area (Å²) in [6.07, 6.45) is -2.22. The predicted octanol–water partition coefficient (Wildman–Crippen LogP) is 3.13. The number of hydrogen-bond acceptors (Lipinski definition) is 6. The van der Waals surface area contributed by atoms with Crippen LogP contribution in [0.4, 0.5) is 13.2 Å². The molecule has 28 heavy (non-hydrogen) atoms. The lowest BCUT2D eigenvalue weighted by molar-refractivity contribution is -0.159. The lowest BCUT2D eigenvalue weighted by Gasteiger charge is -2.19. The molecule has 1 aliphatic heterocycles. The minimum atomic E-state index is -4.66. The lowest BCUT2D eigenvalue weighted by Crippen LogP contribution is -2.30. The molecule has 2 aromatic heterocycles. The van der Waals surface area contributed by atoms with Crippen LogP contribution in [0.1, 0.15) is 28.8 Å². The molecule has 0 bridgehead atoms. The highest BCUT2D eigenvalue weighted by Crippen LogP contribution is 2.29. The van der Waals surface area contributed by atoms with Crippen molar-refractivity contribution in [3.63, 3.8) is 0 Å². The Hall–Kier alpha value is -2.78. The normalized spacial score (nSPS) is 17.2. The zero-order valence-corrected chi connectivity index (χ0v) is 14.8. The van der Waals surface area contributed by atoms with Crippen LogP contribution in [0.15, 0.2) is 47.1 Å². The molecular weight excluding hydrogens is 371 g/mol. The Morgan fingerprint density at radius 3 is 2.79 bits per heavy atom. The maximum Gasteiger partial charge on any atom is 0.471 e. The summed E-state index contributed by atoms with van der Waals surface area (Å²) in [6.45, 7) is 2.28. The molecular formula is C19H18F3N5O. The van der Waals surface area contributed by atoms with Crippen LogP contribution < -0.4 is 10.6 Å². The summed E-state index contributed by atoms with van der Waals surface area (Å²) < 4.78 is 42.0. The number of pyridine rings is 1. The fraction of sp³-hybridized carbons (Fsp3) is 0.316. The Labute approximate surface area is 159 Å². The van der Waals surface area contributed by atoms with E-state index in [1.165, 1.54) is 17.3 Å². The Bertz CT molecular complexity index is 939. The van der Waals surface area contributed by atoms with E-state index in [1.54, 1.807) is 12.1 Å². The van der Waals surface area contributed by atoms with Crippen molar-refractivity contribution >= 4 is 0 Å². The first-order valence-electron chi connectivity index (χ1n) is 8.89. The maximum atomic E-state index is 12.6. The second-order valence-corrected chi connectivity index (χ2v) is 6.55. The summed E-state index contributed by atoms with van der Waals surface area (Å²) >= 11 is 0. The number of nitrogens with zero attached hydrogens (tertiary/aromatic N) is 3. The van der Waals surface area contributed by atoms with E-state index in [2.05, 4.69) is 42.4 Å². The molecule has 0 spiro atoms. The van der Waals surface area contributed by atoms with Crippen LogP contribution in [0.25, 0.3) is 11.4 Å². The smallest absolute Gasteiger partial charge is 0.329 e. The quantitative estimate of drug-likeness (QED) is 0.714. The van der Waals surface area contributed by atoms with E-state index in [0.29, 0.717) is 12.1 Å². The summed E-state index contributed by atoms with van der Waals surface area (Å²) in [4.78, 5) is 7.67. The first-order valence-corrected chi connectivity index (χ1v) is 8.89. The van der Waals surface area contributed by atoms with Gasteiger partial charge in [0.2, 0.25) is 5.82 Å². The van der Waals surface area contributed by atoms with Crippen molar-refractivity contribution in [2.45, 2.75) is 25.2 Å². The molecule has 0 fully saturated rings. The van der Waals surface area contributed by atoms with E-state index in [9.17, 15) is 13.2 Å². The van der Waals surface area contributed by atoms with Gasteiger partial charge in [0, 0.05) is 30.9 Å². The van der Waals surface area contributed by atoms with E-state index in [0.717, 1.165) is 25.2 Å². The fourth-order valence-corrected chi connectivity index (χ4v) is 3.21. The number of hydrogen-bond donors (Lipinski definition) is 2. The average Bonchev–Trinajstić information content (AvgIpc) is 3.10. The van der Waals surface area contributed by atoms with Crippen molar-refractivity contribution in [3.8, 4) is 11.4 Å². The van der Waals surface area contributed by atoms with Crippen molar-refractivity contribution in [1.29, 1.82) is 0 Å². The van der Waals surface area contributed by atoms with Gasteiger partial charge in [0.1, 0.15) is 0 Å². The number of aromatic nitrogens is 3. The molecule has 2 N–H and O–H groups in total. The molecule has 0 saturated heterocycles. The minimum Gasteiger partial charge on any atom is -0.329 e. The highest BCUT2D eigenvalue weighted by atomic mass is 19.4. The summed E-state index contributed by atoms with van der Waals surface area (Å²) in [7, 11) is 0. The van der Waals surface area contributed by atoms with E-state index < -0.39 is 12.1 Å². The third kappa shape index (κ3) is 4.05. The number of fused-ring (bicyclic) bond motifs is 1. The van der Waals surface area contributed by atoms with Gasteiger partial charge in [0.25, 0.3) is 0 Å². The number of benzene rings is 1. The van der Waals surface area contributed by atoms with Crippen LogP contribution in [0.5, 0.6) is 0 Å². The van der Waals surface area contributed by atoms with Crippen molar-refractivity contribution in [3.05, 3.63) is 65.3 Å². The second kappa shape index (κ2) is 7.69. The number of halogens is 3.